The minimum Gasteiger partial charge on any atom is -0.465 e. The Kier molecular flexibility index (Phi) is 6.76. The highest BCUT2D eigenvalue weighted by molar-refractivity contribution is 6.00. The smallest absolute Gasteiger partial charge is 0.355 e. The number of aromatic nitrogens is 1. The van der Waals surface area contributed by atoms with Gasteiger partial charge in [0.05, 0.1) is 12.7 Å². The maximum Gasteiger partial charge on any atom is 0.355 e. The lowest BCUT2D eigenvalue weighted by molar-refractivity contribution is -0.119. The fourth-order valence-corrected chi connectivity index (χ4v) is 2.72. The van der Waals surface area contributed by atoms with Crippen molar-refractivity contribution in [3.05, 3.63) is 52.3 Å². The molecule has 1 aromatic heterocycles. The van der Waals surface area contributed by atoms with Crippen LogP contribution < -0.4 is 5.32 Å². The van der Waals surface area contributed by atoms with Crippen molar-refractivity contribution in [2.24, 2.45) is 0 Å². The number of carbonyl (C=O) groups excluding carboxylic acids is 4. The number of nitrogens with one attached hydrogen (secondary N) is 2. The average Bonchev–Trinajstić information content (AvgIpc) is 2.99. The van der Waals surface area contributed by atoms with Gasteiger partial charge in [-0.25, -0.2) is 9.59 Å². The van der Waals surface area contributed by atoms with Crippen LogP contribution in [-0.4, -0.2) is 61.4 Å². The number of H-pyrrole nitrogens is 1. The first kappa shape index (κ1) is 21.7. The zero-order chi connectivity index (χ0) is 21.7. The molecule has 0 aliphatic carbocycles. The van der Waals surface area contributed by atoms with Gasteiger partial charge in [-0.3, -0.25) is 9.59 Å². The molecule has 0 atom stereocenters. The summed E-state index contributed by atoms with van der Waals surface area (Å²) in [4.78, 5) is 52.2. The molecule has 0 unspecified atom stereocenters. The van der Waals surface area contributed by atoms with E-state index < -0.39 is 24.5 Å². The van der Waals surface area contributed by atoms with Gasteiger partial charge in [0.1, 0.15) is 5.69 Å². The molecule has 154 valence electrons. The standard InChI is InChI=1S/C20H23N3O6/c1-11-16(19(26)28-5)12(2)21-17(11)20(27)29-10-15(24)22-14-8-6-13(7-9-14)18(25)23(3)4/h6-9,21H,10H2,1-5H3,(H,22,24). The third kappa shape index (κ3) is 5.01. The highest BCUT2D eigenvalue weighted by Crippen LogP contribution is 2.19. The highest BCUT2D eigenvalue weighted by Gasteiger charge is 2.23. The summed E-state index contributed by atoms with van der Waals surface area (Å²) >= 11 is 0. The average molecular weight is 401 g/mol. The van der Waals surface area contributed by atoms with Gasteiger partial charge < -0.3 is 24.7 Å². The summed E-state index contributed by atoms with van der Waals surface area (Å²) in [5, 5.41) is 2.58. The summed E-state index contributed by atoms with van der Waals surface area (Å²) < 4.78 is 9.72. The number of benzene rings is 1. The molecule has 29 heavy (non-hydrogen) atoms. The summed E-state index contributed by atoms with van der Waals surface area (Å²) in [7, 11) is 4.54. The highest BCUT2D eigenvalue weighted by atomic mass is 16.5. The van der Waals surface area contributed by atoms with Crippen LogP contribution in [0.2, 0.25) is 0 Å². The monoisotopic (exact) mass is 401 g/mol. The van der Waals surface area contributed by atoms with E-state index in [1.807, 2.05) is 0 Å². The molecular formula is C20H23N3O6. The second kappa shape index (κ2) is 9.05. The minimum atomic E-state index is -0.761. The first-order valence-electron chi connectivity index (χ1n) is 8.71. The molecule has 0 spiro atoms. The third-order valence-electron chi connectivity index (χ3n) is 4.19. The molecule has 2 amide bonds. The molecule has 2 aromatic rings. The van der Waals surface area contributed by atoms with Crippen LogP contribution in [0.4, 0.5) is 5.69 Å². The Bertz CT molecular complexity index is 944. The number of anilines is 1. The van der Waals surface area contributed by atoms with Crippen LogP contribution >= 0.6 is 0 Å². The summed E-state index contributed by atoms with van der Waals surface area (Å²) in [5.41, 5.74) is 2.15. The van der Waals surface area contributed by atoms with Crippen molar-refractivity contribution in [2.75, 3.05) is 33.1 Å². The zero-order valence-corrected chi connectivity index (χ0v) is 16.9. The van der Waals surface area contributed by atoms with Gasteiger partial charge in [0.25, 0.3) is 11.8 Å². The molecule has 2 N–H and O–H groups in total. The van der Waals surface area contributed by atoms with Gasteiger partial charge in [-0.1, -0.05) is 0 Å². The molecule has 1 heterocycles. The summed E-state index contributed by atoms with van der Waals surface area (Å²) in [5.74, 6) is -2.02. The largest absolute Gasteiger partial charge is 0.465 e. The molecule has 0 saturated carbocycles. The summed E-state index contributed by atoms with van der Waals surface area (Å²) in [6.45, 7) is 2.71. The van der Waals surface area contributed by atoms with E-state index in [2.05, 4.69) is 10.3 Å². The van der Waals surface area contributed by atoms with E-state index in [1.165, 1.54) is 12.0 Å². The van der Waals surface area contributed by atoms with E-state index in [1.54, 1.807) is 52.2 Å². The Balaban J connectivity index is 1.97. The van der Waals surface area contributed by atoms with Crippen LogP contribution in [0.3, 0.4) is 0 Å². The lowest BCUT2D eigenvalue weighted by Crippen LogP contribution is -2.22. The quantitative estimate of drug-likeness (QED) is 0.714. The van der Waals surface area contributed by atoms with E-state index in [4.69, 9.17) is 9.47 Å². The number of aromatic amines is 1. The molecule has 0 aliphatic rings. The summed E-state index contributed by atoms with van der Waals surface area (Å²) in [6, 6.07) is 6.34. The number of amides is 2. The van der Waals surface area contributed by atoms with Crippen LogP contribution in [0.15, 0.2) is 24.3 Å². The number of methoxy groups -OCH3 is 1. The van der Waals surface area contributed by atoms with Crippen LogP contribution in [0.1, 0.15) is 42.5 Å². The van der Waals surface area contributed by atoms with Crippen molar-refractivity contribution in [1.82, 2.24) is 9.88 Å². The van der Waals surface area contributed by atoms with E-state index in [0.717, 1.165) is 0 Å². The van der Waals surface area contributed by atoms with Crippen LogP contribution in [-0.2, 0) is 14.3 Å². The van der Waals surface area contributed by atoms with Gasteiger partial charge in [0.2, 0.25) is 0 Å². The van der Waals surface area contributed by atoms with E-state index in [9.17, 15) is 19.2 Å². The molecule has 0 fully saturated rings. The number of esters is 2. The van der Waals surface area contributed by atoms with Gasteiger partial charge in [-0.05, 0) is 43.7 Å². The first-order chi connectivity index (χ1) is 13.6. The zero-order valence-electron chi connectivity index (χ0n) is 16.9. The molecule has 0 aliphatic heterocycles. The van der Waals surface area contributed by atoms with Gasteiger partial charge in [0.15, 0.2) is 6.61 Å². The minimum absolute atomic E-state index is 0.0854. The molecule has 0 saturated heterocycles. The summed E-state index contributed by atoms with van der Waals surface area (Å²) in [6.07, 6.45) is 0. The topological polar surface area (TPSA) is 118 Å². The molecule has 9 nitrogen and oxygen atoms in total. The van der Waals surface area contributed by atoms with Crippen molar-refractivity contribution >= 4 is 29.4 Å². The first-order valence-corrected chi connectivity index (χ1v) is 8.71. The van der Waals surface area contributed by atoms with Gasteiger partial charge in [0, 0.05) is 31.0 Å². The number of aryl methyl sites for hydroxylation is 1. The Morgan fingerprint density at radius 2 is 1.66 bits per heavy atom. The molecule has 0 bridgehead atoms. The van der Waals surface area contributed by atoms with Crippen molar-refractivity contribution in [3.8, 4) is 0 Å². The van der Waals surface area contributed by atoms with Crippen LogP contribution in [0.5, 0.6) is 0 Å². The van der Waals surface area contributed by atoms with E-state index >= 15 is 0 Å². The lowest BCUT2D eigenvalue weighted by Gasteiger charge is -2.11. The Morgan fingerprint density at radius 1 is 1.03 bits per heavy atom. The van der Waals surface area contributed by atoms with Crippen LogP contribution in [0, 0.1) is 13.8 Å². The number of hydrogen-bond acceptors (Lipinski definition) is 6. The van der Waals surface area contributed by atoms with Crippen molar-refractivity contribution in [2.45, 2.75) is 13.8 Å². The third-order valence-corrected chi connectivity index (χ3v) is 4.19. The predicted octanol–water partition coefficient (Wildman–Crippen LogP) is 1.92. The molecule has 2 rings (SSSR count). The maximum absolute atomic E-state index is 12.3. The second-order valence-electron chi connectivity index (χ2n) is 6.52. The molecular weight excluding hydrogens is 378 g/mol. The Hall–Kier alpha value is -3.62. The van der Waals surface area contributed by atoms with E-state index in [0.29, 0.717) is 22.5 Å². The SMILES string of the molecule is COC(=O)c1c(C)[nH]c(C(=O)OCC(=O)Nc2ccc(C(=O)N(C)C)cc2)c1C. The normalized spacial score (nSPS) is 10.2. The second-order valence-corrected chi connectivity index (χ2v) is 6.52. The van der Waals surface area contributed by atoms with Crippen LogP contribution in [0.25, 0.3) is 0 Å². The van der Waals surface area contributed by atoms with Gasteiger partial charge >= 0.3 is 11.9 Å². The fourth-order valence-electron chi connectivity index (χ4n) is 2.72. The predicted molar refractivity (Wildman–Crippen MR) is 105 cm³/mol. The number of carbonyl (C=O) groups is 4. The van der Waals surface area contributed by atoms with Gasteiger partial charge in [-0.2, -0.15) is 0 Å². The fraction of sp³-hybridized carbons (Fsp3) is 0.300. The van der Waals surface area contributed by atoms with Gasteiger partial charge in [-0.15, -0.1) is 0 Å². The van der Waals surface area contributed by atoms with Crippen molar-refractivity contribution < 1.29 is 28.7 Å². The molecule has 1 aromatic carbocycles. The molecule has 9 heteroatoms. The number of ether oxygens (including phenoxy) is 2. The van der Waals surface area contributed by atoms with Crippen molar-refractivity contribution in [1.29, 1.82) is 0 Å². The van der Waals surface area contributed by atoms with E-state index in [-0.39, 0.29) is 17.2 Å². The maximum atomic E-state index is 12.3. The Labute approximate surface area is 168 Å². The Morgan fingerprint density at radius 3 is 2.21 bits per heavy atom. The molecule has 0 radical (unpaired) electrons. The number of nitrogens with zero attached hydrogens (tertiary/aromatic N) is 1. The number of hydrogen-bond donors (Lipinski definition) is 2. The van der Waals surface area contributed by atoms with Crippen molar-refractivity contribution in [3.63, 3.8) is 0 Å². The number of rotatable bonds is 6. The lowest BCUT2D eigenvalue weighted by atomic mass is 10.1.